The van der Waals surface area contributed by atoms with Gasteiger partial charge in [0, 0.05) is 43.1 Å². The van der Waals surface area contributed by atoms with Gasteiger partial charge in [-0.3, -0.25) is 4.68 Å². The fraction of sp³-hybridized carbons (Fsp3) is 0.562. The topological polar surface area (TPSA) is 72.3 Å². The number of rotatable bonds is 5. The van der Waals surface area contributed by atoms with E-state index in [1.165, 1.54) is 0 Å². The van der Waals surface area contributed by atoms with Gasteiger partial charge in [0.25, 0.3) is 0 Å². The molecule has 0 bridgehead atoms. The van der Waals surface area contributed by atoms with Gasteiger partial charge in [-0.2, -0.15) is 5.10 Å². The van der Waals surface area contributed by atoms with E-state index in [1.54, 1.807) is 17.5 Å². The molecule has 1 N–H and O–H groups in total. The molecule has 2 amide bonds. The minimum absolute atomic E-state index is 0.0381. The first-order valence-electron chi connectivity index (χ1n) is 8.15. The Kier molecular flexibility index (Phi) is 5.47. The number of aryl methyl sites for hydroxylation is 1. The molecule has 2 aromatic heterocycles. The molecule has 0 aromatic carbocycles. The SMILES string of the molecule is Cc1csc([C@H]2CN(C(=O)NC[C@H](C)Cn3cccn3)CCO2)n1. The summed E-state index contributed by atoms with van der Waals surface area (Å²) in [6, 6.07) is 1.86. The van der Waals surface area contributed by atoms with Crippen molar-refractivity contribution in [1.29, 1.82) is 0 Å². The number of hydrogen-bond acceptors (Lipinski definition) is 5. The highest BCUT2D eigenvalue weighted by atomic mass is 32.1. The molecule has 0 spiro atoms. The molecule has 8 heteroatoms. The number of nitrogens with one attached hydrogen (secondary N) is 1. The van der Waals surface area contributed by atoms with E-state index in [1.807, 2.05) is 34.1 Å². The molecular weight excluding hydrogens is 326 g/mol. The Hall–Kier alpha value is -1.93. The van der Waals surface area contributed by atoms with Crippen LogP contribution in [0.1, 0.15) is 23.7 Å². The first-order valence-corrected chi connectivity index (χ1v) is 9.03. The summed E-state index contributed by atoms with van der Waals surface area (Å²) in [6.07, 6.45) is 3.57. The molecule has 1 saturated heterocycles. The second-order valence-corrected chi connectivity index (χ2v) is 7.04. The van der Waals surface area contributed by atoms with Gasteiger partial charge in [0.1, 0.15) is 11.1 Å². The third kappa shape index (κ3) is 4.33. The van der Waals surface area contributed by atoms with Crippen molar-refractivity contribution < 1.29 is 9.53 Å². The van der Waals surface area contributed by atoms with Crippen LogP contribution in [-0.4, -0.2) is 51.9 Å². The van der Waals surface area contributed by atoms with Crippen LogP contribution in [0, 0.1) is 12.8 Å². The van der Waals surface area contributed by atoms with E-state index in [-0.39, 0.29) is 12.1 Å². The van der Waals surface area contributed by atoms with Gasteiger partial charge in [-0.05, 0) is 18.9 Å². The quantitative estimate of drug-likeness (QED) is 0.897. The first kappa shape index (κ1) is 16.9. The Morgan fingerprint density at radius 1 is 1.58 bits per heavy atom. The van der Waals surface area contributed by atoms with Crippen molar-refractivity contribution in [3.05, 3.63) is 34.5 Å². The summed E-state index contributed by atoms with van der Waals surface area (Å²) in [5, 5.41) is 10.2. The lowest BCUT2D eigenvalue weighted by molar-refractivity contribution is -0.0156. The highest BCUT2D eigenvalue weighted by Crippen LogP contribution is 2.25. The van der Waals surface area contributed by atoms with Gasteiger partial charge in [0.05, 0.1) is 13.2 Å². The Balaban J connectivity index is 1.47. The highest BCUT2D eigenvalue weighted by Gasteiger charge is 2.27. The zero-order valence-electron chi connectivity index (χ0n) is 14.0. The zero-order chi connectivity index (χ0) is 16.9. The van der Waals surface area contributed by atoms with Crippen LogP contribution in [-0.2, 0) is 11.3 Å². The van der Waals surface area contributed by atoms with Crippen LogP contribution in [0.4, 0.5) is 4.79 Å². The summed E-state index contributed by atoms with van der Waals surface area (Å²) in [4.78, 5) is 18.7. The number of carbonyl (C=O) groups excluding carboxylic acids is 1. The molecule has 1 aliphatic rings. The third-order valence-electron chi connectivity index (χ3n) is 3.93. The molecule has 130 valence electrons. The van der Waals surface area contributed by atoms with E-state index in [4.69, 9.17) is 4.74 Å². The standard InChI is InChI=1S/C16H23N5O2S/c1-12(9-21-5-3-4-18-21)8-17-16(22)20-6-7-23-14(10-20)15-19-13(2)11-24-15/h3-5,11-12,14H,6-10H2,1-2H3,(H,17,22)/t12-,14+/m0/s1. The number of thiazole rings is 1. The summed E-state index contributed by atoms with van der Waals surface area (Å²) in [7, 11) is 0. The molecule has 1 fully saturated rings. The van der Waals surface area contributed by atoms with Crippen molar-refractivity contribution in [2.24, 2.45) is 5.92 Å². The first-order chi connectivity index (χ1) is 11.6. The van der Waals surface area contributed by atoms with Crippen molar-refractivity contribution in [2.75, 3.05) is 26.2 Å². The van der Waals surface area contributed by atoms with Crippen LogP contribution in [0.15, 0.2) is 23.8 Å². The molecule has 7 nitrogen and oxygen atoms in total. The molecule has 2 atom stereocenters. The van der Waals surface area contributed by atoms with Gasteiger partial charge < -0.3 is 15.0 Å². The van der Waals surface area contributed by atoms with Crippen LogP contribution in [0.5, 0.6) is 0 Å². The van der Waals surface area contributed by atoms with Gasteiger partial charge >= 0.3 is 6.03 Å². The summed E-state index contributed by atoms with van der Waals surface area (Å²) >= 11 is 1.59. The smallest absolute Gasteiger partial charge is 0.317 e. The van der Waals surface area contributed by atoms with Gasteiger partial charge in [0.2, 0.25) is 0 Å². The minimum atomic E-state index is -0.121. The normalized spacial score (nSPS) is 19.2. The van der Waals surface area contributed by atoms with Crippen LogP contribution in [0.25, 0.3) is 0 Å². The largest absolute Gasteiger partial charge is 0.367 e. The van der Waals surface area contributed by atoms with Gasteiger partial charge in [0.15, 0.2) is 0 Å². The predicted molar refractivity (Wildman–Crippen MR) is 91.9 cm³/mol. The molecule has 1 aliphatic heterocycles. The van der Waals surface area contributed by atoms with Crippen LogP contribution in [0.3, 0.4) is 0 Å². The highest BCUT2D eigenvalue weighted by molar-refractivity contribution is 7.09. The lowest BCUT2D eigenvalue weighted by Crippen LogP contribution is -2.48. The average molecular weight is 349 g/mol. The zero-order valence-corrected chi connectivity index (χ0v) is 14.8. The second-order valence-electron chi connectivity index (χ2n) is 6.15. The molecule has 24 heavy (non-hydrogen) atoms. The van der Waals surface area contributed by atoms with Gasteiger partial charge in [-0.25, -0.2) is 9.78 Å². The Morgan fingerprint density at radius 2 is 2.46 bits per heavy atom. The summed E-state index contributed by atoms with van der Waals surface area (Å²) in [5.41, 5.74) is 0.993. The van der Waals surface area contributed by atoms with Crippen LogP contribution in [0.2, 0.25) is 0 Å². The molecule has 0 radical (unpaired) electrons. The molecule has 0 saturated carbocycles. The number of aromatic nitrogens is 3. The number of nitrogens with zero attached hydrogens (tertiary/aromatic N) is 4. The van der Waals surface area contributed by atoms with Gasteiger partial charge in [-0.1, -0.05) is 6.92 Å². The molecule has 2 aromatic rings. The van der Waals surface area contributed by atoms with Crippen LogP contribution >= 0.6 is 11.3 Å². The molecule has 0 aliphatic carbocycles. The van der Waals surface area contributed by atoms with Gasteiger partial charge in [-0.15, -0.1) is 11.3 Å². The number of urea groups is 1. The summed E-state index contributed by atoms with van der Waals surface area (Å²) < 4.78 is 7.65. The van der Waals surface area contributed by atoms with Crippen molar-refractivity contribution in [2.45, 2.75) is 26.5 Å². The van der Waals surface area contributed by atoms with Crippen molar-refractivity contribution in [3.63, 3.8) is 0 Å². The fourth-order valence-electron chi connectivity index (χ4n) is 2.67. The third-order valence-corrected chi connectivity index (χ3v) is 4.98. The molecule has 3 rings (SSSR count). The monoisotopic (exact) mass is 349 g/mol. The molecule has 0 unspecified atom stereocenters. The lowest BCUT2D eigenvalue weighted by Gasteiger charge is -2.32. The predicted octanol–water partition coefficient (Wildman–Crippen LogP) is 2.07. The van der Waals surface area contributed by atoms with Crippen molar-refractivity contribution in [3.8, 4) is 0 Å². The second kappa shape index (κ2) is 7.76. The Bertz CT molecular complexity index is 657. The Morgan fingerprint density at radius 3 is 3.17 bits per heavy atom. The van der Waals surface area contributed by atoms with E-state index in [9.17, 15) is 4.79 Å². The number of carbonyl (C=O) groups is 1. The maximum atomic E-state index is 12.4. The molecule has 3 heterocycles. The van der Waals surface area contributed by atoms with E-state index in [0.29, 0.717) is 32.2 Å². The van der Waals surface area contributed by atoms with E-state index >= 15 is 0 Å². The Labute approximate surface area is 145 Å². The maximum Gasteiger partial charge on any atom is 0.317 e. The number of morpholine rings is 1. The van der Waals surface area contributed by atoms with Crippen LogP contribution < -0.4 is 5.32 Å². The average Bonchev–Trinajstić information content (AvgIpc) is 3.24. The summed E-state index contributed by atoms with van der Waals surface area (Å²) in [6.45, 7) is 7.18. The fourth-order valence-corrected chi connectivity index (χ4v) is 3.50. The van der Waals surface area contributed by atoms with E-state index in [0.717, 1.165) is 17.2 Å². The minimum Gasteiger partial charge on any atom is -0.367 e. The van der Waals surface area contributed by atoms with E-state index < -0.39 is 0 Å². The molecular formula is C16H23N5O2S. The summed E-state index contributed by atoms with van der Waals surface area (Å²) in [5.74, 6) is 0.312. The lowest BCUT2D eigenvalue weighted by atomic mass is 10.2. The number of ether oxygens (including phenoxy) is 1. The number of hydrogen-bond donors (Lipinski definition) is 1. The number of amides is 2. The maximum absolute atomic E-state index is 12.4. The van der Waals surface area contributed by atoms with Crippen molar-refractivity contribution >= 4 is 17.4 Å². The van der Waals surface area contributed by atoms with Crippen molar-refractivity contribution in [1.82, 2.24) is 25.0 Å². The van der Waals surface area contributed by atoms with E-state index in [2.05, 4.69) is 22.3 Å².